The van der Waals surface area contributed by atoms with Gasteiger partial charge in [-0.25, -0.2) is 4.39 Å². The van der Waals surface area contributed by atoms with Gasteiger partial charge in [0.25, 0.3) is 0 Å². The molecule has 51 heavy (non-hydrogen) atoms. The van der Waals surface area contributed by atoms with Crippen LogP contribution in [0.1, 0.15) is 132 Å². The molecule has 0 spiro atoms. The van der Waals surface area contributed by atoms with Crippen molar-refractivity contribution in [1.82, 2.24) is 0 Å². The normalized spacial score (nSPS) is 11.2. The largest absolute Gasteiger partial charge is 0.261 e. The first-order valence-electron chi connectivity index (χ1n) is 18.1. The third-order valence-corrected chi connectivity index (χ3v) is 8.85. The van der Waals surface area contributed by atoms with Crippen LogP contribution >= 0.6 is 23.2 Å². The Labute approximate surface area is 319 Å². The molecule has 0 saturated carbocycles. The number of hydrogen-bond donors (Lipinski definition) is 0. The molecule has 0 aromatic heterocycles. The van der Waals surface area contributed by atoms with Gasteiger partial charge in [-0.2, -0.15) is 0 Å². The first-order valence-corrected chi connectivity index (χ1v) is 18.9. The second-order valence-electron chi connectivity index (χ2n) is 14.2. The Morgan fingerprint density at radius 1 is 0.451 bits per heavy atom. The van der Waals surface area contributed by atoms with Crippen molar-refractivity contribution in [3.8, 4) is 0 Å². The summed E-state index contributed by atoms with van der Waals surface area (Å²) in [7, 11) is 0. The second-order valence-corrected chi connectivity index (χ2v) is 15.1. The molecule has 0 fully saturated rings. The van der Waals surface area contributed by atoms with Crippen LogP contribution in [0.15, 0.2) is 126 Å². The van der Waals surface area contributed by atoms with E-state index in [0.29, 0.717) is 29.6 Å². The van der Waals surface area contributed by atoms with Crippen molar-refractivity contribution in [3.63, 3.8) is 0 Å². The molecule has 6 rings (SSSR count). The maximum absolute atomic E-state index is 12.4. The average molecular weight is 727 g/mol. The van der Waals surface area contributed by atoms with Crippen molar-refractivity contribution in [2.75, 3.05) is 0 Å². The predicted octanol–water partition coefficient (Wildman–Crippen LogP) is 15.8. The summed E-state index contributed by atoms with van der Waals surface area (Å²) in [6, 6.07) is 39.7. The Kier molecular flexibility index (Phi) is 19.6. The monoisotopic (exact) mass is 725 g/mol. The first-order chi connectivity index (χ1) is 24.2. The van der Waals surface area contributed by atoms with Crippen molar-refractivity contribution in [3.05, 3.63) is 171 Å². The zero-order valence-electron chi connectivity index (χ0n) is 32.3. The van der Waals surface area contributed by atoms with Crippen molar-refractivity contribution in [2.45, 2.75) is 105 Å². The number of nitrogens with zero attached hydrogens (tertiary/aromatic N) is 1. The Morgan fingerprint density at radius 3 is 1.33 bits per heavy atom. The Bertz CT molecular complexity index is 1650. The van der Waals surface area contributed by atoms with Crippen LogP contribution in [0, 0.1) is 5.82 Å². The van der Waals surface area contributed by atoms with Gasteiger partial charge in [0.2, 0.25) is 0 Å². The molecule has 0 radical (unpaired) electrons. The molecule has 1 aliphatic rings. The van der Waals surface area contributed by atoms with Gasteiger partial charge in [-0.15, -0.1) is 0 Å². The van der Waals surface area contributed by atoms with Crippen LogP contribution < -0.4 is 0 Å². The molecule has 272 valence electrons. The van der Waals surface area contributed by atoms with Crippen molar-refractivity contribution in [2.24, 2.45) is 4.99 Å². The highest BCUT2D eigenvalue weighted by molar-refractivity contribution is 6.30. The van der Waals surface area contributed by atoms with Crippen LogP contribution in [0.4, 0.5) is 10.1 Å². The highest BCUT2D eigenvalue weighted by atomic mass is 35.5. The molecule has 5 aromatic carbocycles. The van der Waals surface area contributed by atoms with Crippen LogP contribution in [-0.2, 0) is 6.42 Å². The predicted molar refractivity (Wildman–Crippen MR) is 224 cm³/mol. The van der Waals surface area contributed by atoms with Gasteiger partial charge in [-0.05, 0) is 105 Å². The number of benzene rings is 5. The fraction of sp³-hybridized carbons (Fsp3) is 0.340. The first kappa shape index (κ1) is 43.4. The lowest BCUT2D eigenvalue weighted by Gasteiger charge is -2.06. The van der Waals surface area contributed by atoms with Gasteiger partial charge in [-0.3, -0.25) is 4.99 Å². The summed E-state index contributed by atoms with van der Waals surface area (Å²) in [6.07, 6.45) is 2.99. The minimum Gasteiger partial charge on any atom is -0.261 e. The molecule has 1 nitrogen and oxygen atoms in total. The van der Waals surface area contributed by atoms with Crippen LogP contribution in [0.5, 0.6) is 0 Å². The number of hydrogen-bond acceptors (Lipinski definition) is 1. The maximum atomic E-state index is 12.4. The van der Waals surface area contributed by atoms with Crippen molar-refractivity contribution in [1.29, 1.82) is 0 Å². The fourth-order valence-corrected chi connectivity index (χ4v) is 5.22. The third kappa shape index (κ3) is 16.9. The molecule has 0 saturated heterocycles. The maximum Gasteiger partial charge on any atom is 0.123 e. The van der Waals surface area contributed by atoms with Crippen LogP contribution in [0.2, 0.25) is 10.0 Å². The zero-order valence-corrected chi connectivity index (χ0v) is 33.8. The Hall–Kier alpha value is -3.72. The number of aliphatic imine (C=N–C) groups is 1. The van der Waals surface area contributed by atoms with Crippen molar-refractivity contribution < 1.29 is 4.39 Å². The number of fused-ring (bicyclic) bond motifs is 1. The van der Waals surface area contributed by atoms with E-state index in [0.717, 1.165) is 22.2 Å². The summed E-state index contributed by atoms with van der Waals surface area (Å²) in [5.41, 5.74) is 9.18. The van der Waals surface area contributed by atoms with Crippen LogP contribution in [0.25, 0.3) is 0 Å². The molecular weight excluding hydrogens is 668 g/mol. The van der Waals surface area contributed by atoms with Gasteiger partial charge in [-0.1, -0.05) is 171 Å². The molecule has 0 unspecified atom stereocenters. The summed E-state index contributed by atoms with van der Waals surface area (Å²) in [5, 5.41) is 1.63. The van der Waals surface area contributed by atoms with E-state index in [2.05, 4.69) is 135 Å². The van der Waals surface area contributed by atoms with E-state index >= 15 is 0 Å². The lowest BCUT2D eigenvalue weighted by Crippen LogP contribution is -1.88. The highest BCUT2D eigenvalue weighted by Crippen LogP contribution is 2.27. The molecular formula is C47H58Cl2FN. The van der Waals surface area contributed by atoms with Gasteiger partial charge >= 0.3 is 0 Å². The SMILES string of the molecule is CC(C)c1ccc(Cl)cc1.CC(C)c1ccc(F)cc1.CC(C)c1ccc2c(c1)CC=N2.CC(C)c1cccc(Cl)c1.CC(C)c1ccccc1. The van der Waals surface area contributed by atoms with E-state index < -0.39 is 0 Å². The standard InChI is InChI=1S/C11H13N.2C9H11Cl.C9H11F.C9H12/c1-8(2)9-3-4-11-10(7-9)5-6-12-11;1-7(2)8-3-5-9(10)6-4-8;1-7(2)8-4-3-5-9(10)6-8;1-7(2)8-3-5-9(10)6-4-8;1-8(2)9-6-4-3-5-7-9/h3-4,6-8H,5H2,1-2H3;3*3-7H,1-2H3;3-8H,1-2H3. The van der Waals surface area contributed by atoms with Gasteiger partial charge in [0.1, 0.15) is 5.82 Å². The van der Waals surface area contributed by atoms with Crippen LogP contribution in [-0.4, -0.2) is 6.21 Å². The molecule has 0 N–H and O–H groups in total. The smallest absolute Gasteiger partial charge is 0.123 e. The summed E-state index contributed by atoms with van der Waals surface area (Å²) >= 11 is 11.5. The van der Waals surface area contributed by atoms with E-state index in [9.17, 15) is 4.39 Å². The van der Waals surface area contributed by atoms with Gasteiger partial charge in [0, 0.05) is 22.7 Å². The molecule has 0 bridgehead atoms. The lowest BCUT2D eigenvalue weighted by molar-refractivity contribution is 0.626. The van der Waals surface area contributed by atoms with Crippen LogP contribution in [0.3, 0.4) is 0 Å². The summed E-state index contributed by atoms with van der Waals surface area (Å²) < 4.78 is 12.4. The summed E-state index contributed by atoms with van der Waals surface area (Å²) in [4.78, 5) is 4.27. The second kappa shape index (κ2) is 23.0. The molecule has 0 atom stereocenters. The molecule has 0 aliphatic carbocycles. The fourth-order valence-electron chi connectivity index (χ4n) is 4.90. The zero-order chi connectivity index (χ0) is 37.9. The number of rotatable bonds is 5. The van der Waals surface area contributed by atoms with Gasteiger partial charge in [0.15, 0.2) is 0 Å². The topological polar surface area (TPSA) is 12.4 Å². The molecule has 1 aliphatic heterocycles. The lowest BCUT2D eigenvalue weighted by atomic mass is 10.00. The third-order valence-electron chi connectivity index (χ3n) is 8.37. The van der Waals surface area contributed by atoms with Gasteiger partial charge < -0.3 is 0 Å². The minimum atomic E-state index is -0.163. The highest BCUT2D eigenvalue weighted by Gasteiger charge is 2.08. The van der Waals surface area contributed by atoms with E-state index in [-0.39, 0.29) is 5.82 Å². The summed E-state index contributed by atoms with van der Waals surface area (Å²) in [5.74, 6) is 2.77. The molecule has 1 heterocycles. The van der Waals surface area contributed by atoms with E-state index in [1.165, 1.54) is 45.5 Å². The van der Waals surface area contributed by atoms with E-state index in [1.54, 1.807) is 0 Å². The average Bonchev–Trinajstić information content (AvgIpc) is 3.59. The van der Waals surface area contributed by atoms with E-state index in [1.807, 2.05) is 54.7 Å². The quantitative estimate of drug-likeness (QED) is 0.171. The minimum absolute atomic E-state index is 0.163. The van der Waals surface area contributed by atoms with Gasteiger partial charge in [0.05, 0.1) is 5.69 Å². The molecule has 4 heteroatoms. The summed E-state index contributed by atoms with van der Waals surface area (Å²) in [6.45, 7) is 21.7. The number of halogens is 3. The van der Waals surface area contributed by atoms with E-state index in [4.69, 9.17) is 23.2 Å². The van der Waals surface area contributed by atoms with Crippen molar-refractivity contribution >= 4 is 35.1 Å². The molecule has 0 amide bonds. The Morgan fingerprint density at radius 2 is 0.882 bits per heavy atom. The Balaban J connectivity index is 0.000000222. The molecule has 5 aromatic rings.